The van der Waals surface area contributed by atoms with E-state index in [0.29, 0.717) is 0 Å². The second kappa shape index (κ2) is 16.2. The van der Waals surface area contributed by atoms with Crippen molar-refractivity contribution in [1.82, 2.24) is 5.32 Å². The number of aliphatic imine (C=N–C) groups is 2. The van der Waals surface area contributed by atoms with Gasteiger partial charge in [-0.1, -0.05) is 206 Å². The second-order valence-electron chi connectivity index (χ2n) is 17.7. The summed E-state index contributed by atoms with van der Waals surface area (Å²) in [5.41, 5.74) is 20.7. The van der Waals surface area contributed by atoms with Gasteiger partial charge in [-0.05, 0) is 121 Å². The smallest absolute Gasteiger partial charge is 0.169 e. The molecule has 68 heavy (non-hydrogen) atoms. The Morgan fingerprint density at radius 3 is 1.46 bits per heavy atom. The van der Waals surface area contributed by atoms with Gasteiger partial charge in [0.15, 0.2) is 6.17 Å². The van der Waals surface area contributed by atoms with Crippen molar-refractivity contribution >= 4 is 28.7 Å². The van der Waals surface area contributed by atoms with Gasteiger partial charge in [0.1, 0.15) is 11.7 Å². The average molecular weight is 869 g/mol. The van der Waals surface area contributed by atoms with Crippen LogP contribution in [0.25, 0.3) is 44.5 Å². The van der Waals surface area contributed by atoms with Gasteiger partial charge in [-0.25, -0.2) is 9.98 Å². The molecular weight excluding hydrogens is 825 g/mol. The normalized spacial score (nSPS) is 15.0. The van der Waals surface area contributed by atoms with Crippen molar-refractivity contribution in [3.05, 3.63) is 294 Å². The zero-order chi connectivity index (χ0) is 45.0. The molecule has 1 aliphatic carbocycles. The van der Waals surface area contributed by atoms with E-state index < -0.39 is 11.6 Å². The van der Waals surface area contributed by atoms with E-state index >= 15 is 0 Å². The molecule has 320 valence electrons. The summed E-state index contributed by atoms with van der Waals surface area (Å²) in [5, 5.41) is 3.60. The van der Waals surface area contributed by atoms with E-state index in [1.165, 1.54) is 55.9 Å². The Hall–Kier alpha value is -8.86. The zero-order valence-corrected chi connectivity index (χ0v) is 37.2. The Morgan fingerprint density at radius 2 is 0.779 bits per heavy atom. The molecule has 0 aromatic heterocycles. The van der Waals surface area contributed by atoms with Crippen LogP contribution in [-0.4, -0.2) is 11.7 Å². The highest BCUT2D eigenvalue weighted by Crippen LogP contribution is 2.63. The minimum Gasteiger partial charge on any atom is -0.324 e. The summed E-state index contributed by atoms with van der Waals surface area (Å²) < 4.78 is 0. The molecule has 0 saturated heterocycles. The first-order valence-corrected chi connectivity index (χ1v) is 23.3. The quantitative estimate of drug-likeness (QED) is 0.173. The van der Waals surface area contributed by atoms with Gasteiger partial charge in [0, 0.05) is 16.8 Å². The van der Waals surface area contributed by atoms with Crippen molar-refractivity contribution in [3.8, 4) is 44.5 Å². The molecule has 2 heterocycles. The van der Waals surface area contributed by atoms with Crippen LogP contribution in [0.1, 0.15) is 45.1 Å². The number of anilines is 3. The molecule has 0 amide bonds. The van der Waals surface area contributed by atoms with E-state index in [-0.39, 0.29) is 0 Å². The third-order valence-electron chi connectivity index (χ3n) is 13.9. The first-order valence-electron chi connectivity index (χ1n) is 23.3. The van der Waals surface area contributed by atoms with Crippen LogP contribution in [0.4, 0.5) is 17.1 Å². The van der Waals surface area contributed by atoms with Crippen molar-refractivity contribution in [3.63, 3.8) is 0 Å². The fraction of sp³-hybridized carbons (Fsp3) is 0.0312. The van der Waals surface area contributed by atoms with Crippen LogP contribution in [0.15, 0.2) is 265 Å². The number of amidine groups is 2. The third-order valence-corrected chi connectivity index (χ3v) is 13.9. The monoisotopic (exact) mass is 868 g/mol. The molecule has 4 heteroatoms. The van der Waals surface area contributed by atoms with Crippen LogP contribution in [0.5, 0.6) is 0 Å². The first-order chi connectivity index (χ1) is 33.7. The van der Waals surface area contributed by atoms with Gasteiger partial charge in [-0.2, -0.15) is 0 Å². The van der Waals surface area contributed by atoms with Crippen molar-refractivity contribution in [2.24, 2.45) is 9.98 Å². The lowest BCUT2D eigenvalue weighted by atomic mass is 9.64. The number of hydrogen-bond acceptors (Lipinski definition) is 4. The number of rotatable bonds is 7. The van der Waals surface area contributed by atoms with E-state index in [1.54, 1.807) is 0 Å². The number of benzene rings is 10. The maximum Gasteiger partial charge on any atom is 0.169 e. The molecule has 1 unspecified atom stereocenters. The lowest BCUT2D eigenvalue weighted by Crippen LogP contribution is -2.36. The average Bonchev–Trinajstić information content (AvgIpc) is 3.71. The fourth-order valence-corrected chi connectivity index (χ4v) is 10.9. The van der Waals surface area contributed by atoms with Crippen LogP contribution in [0.3, 0.4) is 0 Å². The summed E-state index contributed by atoms with van der Waals surface area (Å²) >= 11 is 0. The van der Waals surface area contributed by atoms with Crippen molar-refractivity contribution in [2.75, 3.05) is 4.90 Å². The van der Waals surface area contributed by atoms with Gasteiger partial charge in [-0.15, -0.1) is 0 Å². The highest BCUT2D eigenvalue weighted by Gasteiger charge is 2.51. The minimum absolute atomic E-state index is 0.446. The summed E-state index contributed by atoms with van der Waals surface area (Å²) in [6, 6.07) is 92.0. The first kappa shape index (κ1) is 39.5. The SMILES string of the molecule is c1ccc(C2=NC(c3cccc(-c4cccc(-c5ccc6c(c5)C5(c7ccccc7-6)c6ccccc6N(c6ccccc6)c6ccccc65)c4)c3)N=C(c3cccc(-c4ccccc4)c3)N2)cc1. The maximum atomic E-state index is 5.29. The van der Waals surface area contributed by atoms with E-state index in [1.807, 2.05) is 12.1 Å². The molecule has 13 rings (SSSR count). The maximum absolute atomic E-state index is 5.29. The molecule has 4 nitrogen and oxygen atoms in total. The van der Waals surface area contributed by atoms with Crippen LogP contribution >= 0.6 is 0 Å². The number of para-hydroxylation sites is 3. The summed E-state index contributed by atoms with van der Waals surface area (Å²) in [4.78, 5) is 13.0. The predicted molar refractivity (Wildman–Crippen MR) is 280 cm³/mol. The van der Waals surface area contributed by atoms with Crippen molar-refractivity contribution < 1.29 is 0 Å². The Balaban J connectivity index is 0.907. The van der Waals surface area contributed by atoms with Gasteiger partial charge in [0.25, 0.3) is 0 Å². The van der Waals surface area contributed by atoms with E-state index in [9.17, 15) is 0 Å². The second-order valence-corrected chi connectivity index (χ2v) is 17.7. The Morgan fingerprint density at radius 1 is 0.324 bits per heavy atom. The summed E-state index contributed by atoms with van der Waals surface area (Å²) in [7, 11) is 0. The lowest BCUT2D eigenvalue weighted by molar-refractivity contribution is 0.753. The zero-order valence-electron chi connectivity index (χ0n) is 37.2. The molecular formula is C64H44N4. The van der Waals surface area contributed by atoms with Crippen LogP contribution < -0.4 is 10.2 Å². The molecule has 0 radical (unpaired) electrons. The molecule has 1 spiro atoms. The highest BCUT2D eigenvalue weighted by molar-refractivity contribution is 6.16. The minimum atomic E-state index is -0.525. The molecule has 0 bridgehead atoms. The van der Waals surface area contributed by atoms with Crippen molar-refractivity contribution in [1.29, 1.82) is 0 Å². The summed E-state index contributed by atoms with van der Waals surface area (Å²) in [6.07, 6.45) is -0.446. The van der Waals surface area contributed by atoms with Gasteiger partial charge in [-0.3, -0.25) is 0 Å². The topological polar surface area (TPSA) is 40.0 Å². The molecule has 3 aliphatic rings. The van der Waals surface area contributed by atoms with Crippen LogP contribution in [0, 0.1) is 0 Å². The lowest BCUT2D eigenvalue weighted by Gasteiger charge is -2.45. The van der Waals surface area contributed by atoms with Gasteiger partial charge >= 0.3 is 0 Å². The van der Waals surface area contributed by atoms with Gasteiger partial charge in [0.05, 0.1) is 16.8 Å². The van der Waals surface area contributed by atoms with Crippen LogP contribution in [0.2, 0.25) is 0 Å². The van der Waals surface area contributed by atoms with Crippen LogP contribution in [-0.2, 0) is 5.41 Å². The molecule has 0 fully saturated rings. The molecule has 2 aliphatic heterocycles. The number of nitrogens with one attached hydrogen (secondary N) is 1. The molecule has 1 N–H and O–H groups in total. The van der Waals surface area contributed by atoms with Gasteiger partial charge in [0.2, 0.25) is 0 Å². The summed E-state index contributed by atoms with van der Waals surface area (Å²) in [6.45, 7) is 0. The molecule has 0 saturated carbocycles. The Bertz CT molecular complexity index is 3560. The largest absolute Gasteiger partial charge is 0.324 e. The molecule has 1 atom stereocenters. The fourth-order valence-electron chi connectivity index (χ4n) is 10.9. The van der Waals surface area contributed by atoms with E-state index in [0.717, 1.165) is 56.3 Å². The predicted octanol–water partition coefficient (Wildman–Crippen LogP) is 15.3. The standard InChI is InChI=1S/C64H44N4/c1-4-19-43(20-5-1)45-23-17-27-50(40-45)62-65-61(44-21-6-2-7-22-44)66-63(67-62)51-28-18-26-48(41-51)46-24-16-25-47(39-46)49-37-38-54-53-31-10-11-32-55(53)64(58(54)42-49)56-33-12-14-35-59(56)68(52-29-8-3-9-30-52)60-36-15-13-34-57(60)64/h1-42,63H,(H,65,66,67). The van der Waals surface area contributed by atoms with Gasteiger partial charge < -0.3 is 10.2 Å². The number of hydrogen-bond donors (Lipinski definition) is 1. The molecule has 10 aromatic carbocycles. The Labute approximate surface area is 396 Å². The Kier molecular flexibility index (Phi) is 9.43. The van der Waals surface area contributed by atoms with E-state index in [2.05, 4.69) is 253 Å². The summed E-state index contributed by atoms with van der Waals surface area (Å²) in [5.74, 6) is 1.59. The third kappa shape index (κ3) is 6.45. The van der Waals surface area contributed by atoms with Crippen molar-refractivity contribution in [2.45, 2.75) is 11.6 Å². The van der Waals surface area contributed by atoms with E-state index in [4.69, 9.17) is 9.98 Å². The molecule has 10 aromatic rings. The highest BCUT2D eigenvalue weighted by atomic mass is 15.2. The number of fused-ring (bicyclic) bond motifs is 9. The number of nitrogens with zero attached hydrogens (tertiary/aromatic N) is 3.